The Hall–Kier alpha value is -1.32. The minimum absolute atomic E-state index is 0.0657. The van der Waals surface area contributed by atoms with Crippen LogP contribution in [0.5, 0.6) is 0 Å². The first-order chi connectivity index (χ1) is 9.11. The van der Waals surface area contributed by atoms with Crippen LogP contribution in [0.25, 0.3) is 6.08 Å². The standard InChI is InChI=1S/C15H16Cl2O3/c1-9(18)11(14(19)20-15(2,3)4)8-10-6-5-7-12(16)13(10)17/h5-8H,1-4H3. The van der Waals surface area contributed by atoms with E-state index in [2.05, 4.69) is 0 Å². The van der Waals surface area contributed by atoms with Crippen LogP contribution >= 0.6 is 23.2 Å². The molecule has 0 aliphatic carbocycles. The minimum Gasteiger partial charge on any atom is -0.456 e. The van der Waals surface area contributed by atoms with E-state index >= 15 is 0 Å². The highest BCUT2D eigenvalue weighted by Gasteiger charge is 2.23. The van der Waals surface area contributed by atoms with Crippen LogP contribution in [0.3, 0.4) is 0 Å². The predicted molar refractivity (Wildman–Crippen MR) is 81.0 cm³/mol. The maximum atomic E-state index is 12.0. The van der Waals surface area contributed by atoms with Crippen molar-refractivity contribution in [3.63, 3.8) is 0 Å². The molecule has 0 aliphatic heterocycles. The molecule has 1 aromatic carbocycles. The number of carbonyl (C=O) groups excluding carboxylic acids is 2. The van der Waals surface area contributed by atoms with Gasteiger partial charge in [-0.25, -0.2) is 4.79 Å². The zero-order valence-electron chi connectivity index (χ0n) is 11.8. The molecule has 1 rings (SSSR count). The third kappa shape index (κ3) is 4.66. The molecule has 0 saturated carbocycles. The van der Waals surface area contributed by atoms with Crippen molar-refractivity contribution in [1.29, 1.82) is 0 Å². The number of halogens is 2. The summed E-state index contributed by atoms with van der Waals surface area (Å²) in [4.78, 5) is 23.6. The number of ether oxygens (including phenoxy) is 1. The van der Waals surface area contributed by atoms with Gasteiger partial charge in [-0.05, 0) is 45.4 Å². The molecule has 0 aliphatic rings. The van der Waals surface area contributed by atoms with Gasteiger partial charge in [0.15, 0.2) is 5.78 Å². The first-order valence-corrected chi connectivity index (χ1v) is 6.77. The van der Waals surface area contributed by atoms with Crippen molar-refractivity contribution in [2.75, 3.05) is 0 Å². The summed E-state index contributed by atoms with van der Waals surface area (Å²) in [7, 11) is 0. The van der Waals surface area contributed by atoms with Crippen molar-refractivity contribution in [3.05, 3.63) is 39.4 Å². The molecule has 3 nitrogen and oxygen atoms in total. The van der Waals surface area contributed by atoms with E-state index < -0.39 is 17.4 Å². The summed E-state index contributed by atoms with van der Waals surface area (Å²) in [5, 5.41) is 0.643. The molecule has 0 N–H and O–H groups in total. The summed E-state index contributed by atoms with van der Waals surface area (Å²) >= 11 is 11.9. The Kier molecular flexibility index (Phi) is 5.37. The van der Waals surface area contributed by atoms with Gasteiger partial charge in [0.25, 0.3) is 0 Å². The Balaban J connectivity index is 3.21. The molecular formula is C15H16Cl2O3. The molecule has 5 heteroatoms. The summed E-state index contributed by atoms with van der Waals surface area (Å²) < 4.78 is 5.20. The number of rotatable bonds is 3. The third-order valence-corrected chi connectivity index (χ3v) is 3.11. The summed E-state index contributed by atoms with van der Waals surface area (Å²) in [6.45, 7) is 6.49. The molecule has 0 heterocycles. The van der Waals surface area contributed by atoms with Gasteiger partial charge in [0.05, 0.1) is 10.0 Å². The van der Waals surface area contributed by atoms with Gasteiger partial charge in [0.1, 0.15) is 11.2 Å². The molecule has 0 amide bonds. The molecule has 0 bridgehead atoms. The van der Waals surface area contributed by atoms with Gasteiger partial charge in [0.2, 0.25) is 0 Å². The van der Waals surface area contributed by atoms with Gasteiger partial charge in [0, 0.05) is 0 Å². The quantitative estimate of drug-likeness (QED) is 0.361. The zero-order valence-corrected chi connectivity index (χ0v) is 13.3. The van der Waals surface area contributed by atoms with Crippen molar-refractivity contribution in [2.45, 2.75) is 33.3 Å². The fraction of sp³-hybridized carbons (Fsp3) is 0.333. The Morgan fingerprint density at radius 2 is 1.80 bits per heavy atom. The Labute approximate surface area is 128 Å². The first-order valence-electron chi connectivity index (χ1n) is 6.02. The normalized spacial score (nSPS) is 12.2. The van der Waals surface area contributed by atoms with Crippen LogP contribution in [-0.4, -0.2) is 17.4 Å². The molecule has 20 heavy (non-hydrogen) atoms. The summed E-state index contributed by atoms with van der Waals surface area (Å²) in [5.74, 6) is -1.07. The molecule has 0 aromatic heterocycles. The number of benzene rings is 1. The van der Waals surface area contributed by atoms with E-state index in [9.17, 15) is 9.59 Å². The van der Waals surface area contributed by atoms with Gasteiger partial charge in [-0.1, -0.05) is 35.3 Å². The summed E-state index contributed by atoms with van der Waals surface area (Å²) in [6, 6.07) is 4.98. The third-order valence-electron chi connectivity index (χ3n) is 2.28. The van der Waals surface area contributed by atoms with Crippen molar-refractivity contribution in [1.82, 2.24) is 0 Å². The Bertz CT molecular complexity index is 569. The van der Waals surface area contributed by atoms with Gasteiger partial charge in [-0.15, -0.1) is 0 Å². The second kappa shape index (κ2) is 6.42. The lowest BCUT2D eigenvalue weighted by Crippen LogP contribution is -2.26. The molecule has 0 atom stereocenters. The lowest BCUT2D eigenvalue weighted by molar-refractivity contribution is -0.150. The van der Waals surface area contributed by atoms with Crippen LogP contribution in [0, 0.1) is 0 Å². The molecule has 1 aromatic rings. The highest BCUT2D eigenvalue weighted by Crippen LogP contribution is 2.27. The minimum atomic E-state index is -0.680. The summed E-state index contributed by atoms with van der Waals surface area (Å²) in [5.41, 5.74) is -0.247. The molecule has 0 saturated heterocycles. The highest BCUT2D eigenvalue weighted by atomic mass is 35.5. The molecule has 0 radical (unpaired) electrons. The average molecular weight is 315 g/mol. The maximum absolute atomic E-state index is 12.0. The highest BCUT2D eigenvalue weighted by molar-refractivity contribution is 6.43. The topological polar surface area (TPSA) is 43.4 Å². The molecule has 0 fully saturated rings. The second-order valence-corrected chi connectivity index (χ2v) is 6.04. The van der Waals surface area contributed by atoms with E-state index in [0.717, 1.165) is 0 Å². The fourth-order valence-corrected chi connectivity index (χ4v) is 1.79. The average Bonchev–Trinajstić information content (AvgIpc) is 2.28. The van der Waals surface area contributed by atoms with Gasteiger partial charge in [-0.2, -0.15) is 0 Å². The van der Waals surface area contributed by atoms with E-state index in [4.69, 9.17) is 27.9 Å². The maximum Gasteiger partial charge on any atom is 0.342 e. The second-order valence-electron chi connectivity index (χ2n) is 5.26. The fourth-order valence-electron chi connectivity index (χ4n) is 1.42. The van der Waals surface area contributed by atoms with Crippen LogP contribution in [0.15, 0.2) is 23.8 Å². The van der Waals surface area contributed by atoms with Crippen molar-refractivity contribution in [3.8, 4) is 0 Å². The number of carbonyl (C=O) groups is 2. The molecule has 108 valence electrons. The smallest absolute Gasteiger partial charge is 0.342 e. The van der Waals surface area contributed by atoms with E-state index in [1.807, 2.05) is 0 Å². The van der Waals surface area contributed by atoms with Crippen LogP contribution in [0.1, 0.15) is 33.3 Å². The van der Waals surface area contributed by atoms with E-state index in [0.29, 0.717) is 10.6 Å². The molecule has 0 unspecified atom stereocenters. The van der Waals surface area contributed by atoms with E-state index in [1.165, 1.54) is 13.0 Å². The van der Waals surface area contributed by atoms with Crippen molar-refractivity contribution >= 4 is 41.0 Å². The number of Topliss-reactive ketones (excluding diaryl/α,β-unsaturated/α-hetero) is 1. The lowest BCUT2D eigenvalue weighted by atomic mass is 10.1. The van der Waals surface area contributed by atoms with Gasteiger partial charge < -0.3 is 4.74 Å². The van der Waals surface area contributed by atoms with Crippen molar-refractivity contribution in [2.24, 2.45) is 0 Å². The predicted octanol–water partition coefficient (Wildman–Crippen LogP) is 4.31. The number of ketones is 1. The van der Waals surface area contributed by atoms with Gasteiger partial charge >= 0.3 is 5.97 Å². The number of hydrogen-bond donors (Lipinski definition) is 0. The SMILES string of the molecule is CC(=O)C(=Cc1cccc(Cl)c1Cl)C(=O)OC(C)(C)C. The Morgan fingerprint density at radius 1 is 1.20 bits per heavy atom. The number of esters is 1. The molecular weight excluding hydrogens is 299 g/mol. The van der Waals surface area contributed by atoms with Crippen LogP contribution in [0.4, 0.5) is 0 Å². The van der Waals surface area contributed by atoms with E-state index in [-0.39, 0.29) is 10.6 Å². The van der Waals surface area contributed by atoms with Crippen LogP contribution < -0.4 is 0 Å². The lowest BCUT2D eigenvalue weighted by Gasteiger charge is -2.20. The largest absolute Gasteiger partial charge is 0.456 e. The zero-order chi connectivity index (χ0) is 15.5. The van der Waals surface area contributed by atoms with Crippen molar-refractivity contribution < 1.29 is 14.3 Å². The van der Waals surface area contributed by atoms with Crippen LogP contribution in [0.2, 0.25) is 10.0 Å². The van der Waals surface area contributed by atoms with E-state index in [1.54, 1.807) is 39.0 Å². The molecule has 0 spiro atoms. The Morgan fingerprint density at radius 3 is 2.30 bits per heavy atom. The van der Waals surface area contributed by atoms with Gasteiger partial charge in [-0.3, -0.25) is 4.79 Å². The monoisotopic (exact) mass is 314 g/mol. The first kappa shape index (κ1) is 16.7. The van der Waals surface area contributed by atoms with Crippen LogP contribution in [-0.2, 0) is 14.3 Å². The number of hydrogen-bond acceptors (Lipinski definition) is 3. The summed E-state index contributed by atoms with van der Waals surface area (Å²) in [6.07, 6.45) is 1.39.